The predicted octanol–water partition coefficient (Wildman–Crippen LogP) is 3.21. The van der Waals surface area contributed by atoms with Gasteiger partial charge in [-0.1, -0.05) is 6.07 Å². The number of hydrogen-bond acceptors (Lipinski definition) is 4. The molecule has 0 amide bonds. The van der Waals surface area contributed by atoms with Gasteiger partial charge in [-0.05, 0) is 44.0 Å². The first-order valence-electron chi connectivity index (χ1n) is 6.34. The van der Waals surface area contributed by atoms with Crippen molar-refractivity contribution < 1.29 is 0 Å². The van der Waals surface area contributed by atoms with Gasteiger partial charge in [-0.15, -0.1) is 0 Å². The number of rotatable bonds is 3. The van der Waals surface area contributed by atoms with Crippen molar-refractivity contribution in [2.75, 3.05) is 24.3 Å². The molecule has 0 unspecified atom stereocenters. The average molecular weight is 256 g/mol. The van der Waals surface area contributed by atoms with E-state index in [1.54, 1.807) is 0 Å². The van der Waals surface area contributed by atoms with Gasteiger partial charge in [0, 0.05) is 31.5 Å². The van der Waals surface area contributed by atoms with Crippen LogP contribution in [-0.2, 0) is 0 Å². The molecule has 1 N–H and O–H groups in total. The Labute approximate surface area is 114 Å². The summed E-state index contributed by atoms with van der Waals surface area (Å²) in [5, 5.41) is 2.97. The van der Waals surface area contributed by atoms with Crippen molar-refractivity contribution in [2.24, 2.45) is 0 Å². The van der Waals surface area contributed by atoms with Crippen LogP contribution in [0.25, 0.3) is 0 Å². The van der Waals surface area contributed by atoms with Crippen molar-refractivity contribution in [3.63, 3.8) is 0 Å². The van der Waals surface area contributed by atoms with E-state index in [9.17, 15) is 0 Å². The van der Waals surface area contributed by atoms with E-state index < -0.39 is 0 Å². The highest BCUT2D eigenvalue weighted by Gasteiger charge is 2.11. The van der Waals surface area contributed by atoms with E-state index in [1.165, 1.54) is 11.1 Å². The lowest BCUT2D eigenvalue weighted by Gasteiger charge is -2.21. The number of benzene rings is 1. The molecule has 0 spiro atoms. The molecular weight excluding hydrogens is 236 g/mol. The topological polar surface area (TPSA) is 41.1 Å². The standard InChI is InChI=1S/C15H20N4/c1-10-6-11(2)8-13(7-10)19(5)14-12(3)9-17-15(16-4)18-14/h6-9H,1-5H3,(H,16,17,18). The fourth-order valence-corrected chi connectivity index (χ4v) is 2.16. The lowest BCUT2D eigenvalue weighted by atomic mass is 10.1. The van der Waals surface area contributed by atoms with Crippen molar-refractivity contribution >= 4 is 17.5 Å². The van der Waals surface area contributed by atoms with Crippen molar-refractivity contribution in [1.29, 1.82) is 0 Å². The van der Waals surface area contributed by atoms with Crippen LogP contribution in [-0.4, -0.2) is 24.1 Å². The van der Waals surface area contributed by atoms with Crippen LogP contribution in [0.4, 0.5) is 17.5 Å². The number of nitrogens with one attached hydrogen (secondary N) is 1. The van der Waals surface area contributed by atoms with Crippen LogP contribution in [0.15, 0.2) is 24.4 Å². The second kappa shape index (κ2) is 5.26. The Morgan fingerprint density at radius 1 is 1.05 bits per heavy atom. The van der Waals surface area contributed by atoms with Gasteiger partial charge in [0.25, 0.3) is 0 Å². The molecule has 0 atom stereocenters. The highest BCUT2D eigenvalue weighted by molar-refractivity contribution is 5.64. The van der Waals surface area contributed by atoms with Gasteiger partial charge in [-0.3, -0.25) is 0 Å². The summed E-state index contributed by atoms with van der Waals surface area (Å²) in [6, 6.07) is 6.49. The molecule has 0 radical (unpaired) electrons. The van der Waals surface area contributed by atoms with Crippen LogP contribution in [0.5, 0.6) is 0 Å². The maximum absolute atomic E-state index is 4.53. The molecule has 100 valence electrons. The minimum Gasteiger partial charge on any atom is -0.357 e. The lowest BCUT2D eigenvalue weighted by Crippen LogP contribution is -2.14. The van der Waals surface area contributed by atoms with E-state index in [0.717, 1.165) is 17.1 Å². The normalized spacial score (nSPS) is 10.4. The highest BCUT2D eigenvalue weighted by Crippen LogP contribution is 2.26. The van der Waals surface area contributed by atoms with Crippen LogP contribution < -0.4 is 10.2 Å². The van der Waals surface area contributed by atoms with E-state index in [-0.39, 0.29) is 0 Å². The first-order valence-corrected chi connectivity index (χ1v) is 6.34. The first-order chi connectivity index (χ1) is 9.01. The molecule has 0 aliphatic carbocycles. The minimum absolute atomic E-state index is 0.636. The number of aromatic nitrogens is 2. The largest absolute Gasteiger partial charge is 0.357 e. The smallest absolute Gasteiger partial charge is 0.224 e. The molecule has 0 bridgehead atoms. The van der Waals surface area contributed by atoms with Crippen molar-refractivity contribution in [3.8, 4) is 0 Å². The molecule has 1 heterocycles. The third-order valence-electron chi connectivity index (χ3n) is 3.08. The summed E-state index contributed by atoms with van der Waals surface area (Å²) >= 11 is 0. The van der Waals surface area contributed by atoms with E-state index in [1.807, 2.05) is 27.2 Å². The molecule has 0 aliphatic heterocycles. The first kappa shape index (κ1) is 13.3. The van der Waals surface area contributed by atoms with Gasteiger partial charge >= 0.3 is 0 Å². The van der Waals surface area contributed by atoms with Crippen LogP contribution in [0.1, 0.15) is 16.7 Å². The zero-order valence-electron chi connectivity index (χ0n) is 12.2. The zero-order chi connectivity index (χ0) is 14.0. The number of hydrogen-bond donors (Lipinski definition) is 1. The Hall–Kier alpha value is -2.10. The monoisotopic (exact) mass is 256 g/mol. The summed E-state index contributed by atoms with van der Waals surface area (Å²) in [4.78, 5) is 10.8. The Morgan fingerprint density at radius 2 is 1.68 bits per heavy atom. The quantitative estimate of drug-likeness (QED) is 0.915. The van der Waals surface area contributed by atoms with Crippen LogP contribution in [0.2, 0.25) is 0 Å². The fourth-order valence-electron chi connectivity index (χ4n) is 2.16. The highest BCUT2D eigenvalue weighted by atomic mass is 15.2. The second-order valence-corrected chi connectivity index (χ2v) is 4.86. The molecular formula is C15H20N4. The minimum atomic E-state index is 0.636. The van der Waals surface area contributed by atoms with Crippen LogP contribution >= 0.6 is 0 Å². The average Bonchev–Trinajstić information content (AvgIpc) is 2.37. The Morgan fingerprint density at radius 3 is 2.26 bits per heavy atom. The Kier molecular flexibility index (Phi) is 3.69. The van der Waals surface area contributed by atoms with E-state index in [2.05, 4.69) is 52.2 Å². The summed E-state index contributed by atoms with van der Waals surface area (Å²) < 4.78 is 0. The van der Waals surface area contributed by atoms with Crippen molar-refractivity contribution in [2.45, 2.75) is 20.8 Å². The molecule has 19 heavy (non-hydrogen) atoms. The number of anilines is 3. The number of aryl methyl sites for hydroxylation is 3. The summed E-state index contributed by atoms with van der Waals surface area (Å²) in [5.74, 6) is 1.56. The van der Waals surface area contributed by atoms with Gasteiger partial charge in [0.2, 0.25) is 5.95 Å². The summed E-state index contributed by atoms with van der Waals surface area (Å²) in [7, 11) is 3.86. The Balaban J connectivity index is 2.45. The van der Waals surface area contributed by atoms with Gasteiger partial charge in [-0.25, -0.2) is 4.98 Å². The van der Waals surface area contributed by atoms with Crippen LogP contribution in [0, 0.1) is 20.8 Å². The molecule has 0 saturated carbocycles. The second-order valence-electron chi connectivity index (χ2n) is 4.86. The fraction of sp³-hybridized carbons (Fsp3) is 0.333. The molecule has 4 nitrogen and oxygen atoms in total. The third kappa shape index (κ3) is 2.84. The molecule has 0 fully saturated rings. The predicted molar refractivity (Wildman–Crippen MR) is 80.3 cm³/mol. The number of nitrogens with zero attached hydrogens (tertiary/aromatic N) is 3. The molecule has 2 aromatic rings. The third-order valence-corrected chi connectivity index (χ3v) is 3.08. The summed E-state index contributed by atoms with van der Waals surface area (Å²) in [6.45, 7) is 6.24. The molecule has 0 saturated heterocycles. The summed E-state index contributed by atoms with van der Waals surface area (Å²) in [6.07, 6.45) is 1.84. The molecule has 4 heteroatoms. The van der Waals surface area contributed by atoms with Gasteiger partial charge in [0.1, 0.15) is 5.82 Å². The van der Waals surface area contributed by atoms with Crippen molar-refractivity contribution in [1.82, 2.24) is 9.97 Å². The molecule has 2 rings (SSSR count). The molecule has 0 aliphatic rings. The van der Waals surface area contributed by atoms with E-state index in [4.69, 9.17) is 0 Å². The van der Waals surface area contributed by atoms with Crippen LogP contribution in [0.3, 0.4) is 0 Å². The van der Waals surface area contributed by atoms with Gasteiger partial charge in [0.05, 0.1) is 0 Å². The SMILES string of the molecule is CNc1ncc(C)c(N(C)c2cc(C)cc(C)c2)n1. The molecule has 1 aromatic carbocycles. The lowest BCUT2D eigenvalue weighted by molar-refractivity contribution is 1.05. The maximum Gasteiger partial charge on any atom is 0.224 e. The van der Waals surface area contributed by atoms with Crippen molar-refractivity contribution in [3.05, 3.63) is 41.1 Å². The summed E-state index contributed by atoms with van der Waals surface area (Å²) in [5.41, 5.74) is 4.70. The zero-order valence-corrected chi connectivity index (χ0v) is 12.2. The Bertz CT molecular complexity index is 572. The van der Waals surface area contributed by atoms with E-state index in [0.29, 0.717) is 5.95 Å². The van der Waals surface area contributed by atoms with Gasteiger partial charge in [0.15, 0.2) is 0 Å². The van der Waals surface area contributed by atoms with Gasteiger partial charge < -0.3 is 10.2 Å². The van der Waals surface area contributed by atoms with E-state index >= 15 is 0 Å². The maximum atomic E-state index is 4.53. The molecule has 1 aromatic heterocycles. The van der Waals surface area contributed by atoms with Gasteiger partial charge in [-0.2, -0.15) is 4.98 Å².